The minimum absolute atomic E-state index is 0.0703. The minimum atomic E-state index is -0.818. The summed E-state index contributed by atoms with van der Waals surface area (Å²) in [6.07, 6.45) is 3.07. The van der Waals surface area contributed by atoms with Crippen molar-refractivity contribution in [1.29, 1.82) is 0 Å². The summed E-state index contributed by atoms with van der Waals surface area (Å²) in [5.74, 6) is -0.818. The van der Waals surface area contributed by atoms with Crippen molar-refractivity contribution in [3.8, 4) is 0 Å². The van der Waals surface area contributed by atoms with Gasteiger partial charge in [-0.25, -0.2) is 4.79 Å². The van der Waals surface area contributed by atoms with Crippen LogP contribution in [0.5, 0.6) is 0 Å². The molecule has 1 fully saturated rings. The van der Waals surface area contributed by atoms with Gasteiger partial charge >= 0.3 is 12.0 Å². The highest BCUT2D eigenvalue weighted by Gasteiger charge is 2.21. The summed E-state index contributed by atoms with van der Waals surface area (Å²) in [6.45, 7) is 9.38. The molecular formula is C15H29N3O3. The van der Waals surface area contributed by atoms with E-state index in [1.54, 1.807) is 4.90 Å². The second-order valence-electron chi connectivity index (χ2n) is 6.06. The number of likely N-dealkylation sites (tertiary alicyclic amines) is 1. The Morgan fingerprint density at radius 2 is 1.86 bits per heavy atom. The van der Waals surface area contributed by atoms with E-state index in [0.717, 1.165) is 13.1 Å². The van der Waals surface area contributed by atoms with Crippen LogP contribution in [0.25, 0.3) is 0 Å². The lowest BCUT2D eigenvalue weighted by Gasteiger charge is -2.29. The molecule has 1 rings (SSSR count). The molecule has 0 aromatic rings. The van der Waals surface area contributed by atoms with Crippen LogP contribution in [0.3, 0.4) is 0 Å². The van der Waals surface area contributed by atoms with E-state index in [-0.39, 0.29) is 18.5 Å². The lowest BCUT2D eigenvalue weighted by atomic mass is 10.2. The zero-order chi connectivity index (χ0) is 15.8. The molecule has 0 radical (unpaired) electrons. The number of hydrogen-bond acceptors (Lipinski definition) is 3. The Morgan fingerprint density at radius 1 is 1.24 bits per heavy atom. The van der Waals surface area contributed by atoms with E-state index in [1.165, 1.54) is 12.8 Å². The van der Waals surface area contributed by atoms with Crippen molar-refractivity contribution >= 4 is 12.0 Å². The summed E-state index contributed by atoms with van der Waals surface area (Å²) in [6, 6.07) is 0.326. The van der Waals surface area contributed by atoms with Crippen molar-refractivity contribution in [1.82, 2.24) is 15.1 Å². The molecule has 0 bridgehead atoms. The first-order chi connectivity index (χ1) is 9.91. The Kier molecular flexibility index (Phi) is 7.50. The van der Waals surface area contributed by atoms with Crippen LogP contribution in [-0.4, -0.2) is 65.2 Å². The van der Waals surface area contributed by atoms with Crippen molar-refractivity contribution in [2.75, 3.05) is 26.2 Å². The zero-order valence-electron chi connectivity index (χ0n) is 13.5. The number of carbonyl (C=O) groups excluding carboxylic acids is 1. The topological polar surface area (TPSA) is 72.9 Å². The van der Waals surface area contributed by atoms with E-state index >= 15 is 0 Å². The molecule has 1 aliphatic heterocycles. The summed E-state index contributed by atoms with van der Waals surface area (Å²) in [4.78, 5) is 26.9. The molecule has 0 aromatic heterocycles. The van der Waals surface area contributed by atoms with Crippen LogP contribution in [0.1, 0.15) is 46.5 Å². The van der Waals surface area contributed by atoms with Gasteiger partial charge in [0.25, 0.3) is 0 Å². The lowest BCUT2D eigenvalue weighted by Crippen LogP contribution is -2.48. The van der Waals surface area contributed by atoms with E-state index in [2.05, 4.69) is 17.1 Å². The maximum absolute atomic E-state index is 12.2. The van der Waals surface area contributed by atoms with Gasteiger partial charge in [0.1, 0.15) is 0 Å². The quantitative estimate of drug-likeness (QED) is 0.716. The van der Waals surface area contributed by atoms with E-state index < -0.39 is 5.97 Å². The number of carboxylic acid groups (broad SMARTS) is 1. The number of hydrogen-bond donors (Lipinski definition) is 2. The molecule has 1 unspecified atom stereocenters. The third kappa shape index (κ3) is 6.33. The third-order valence-electron chi connectivity index (χ3n) is 3.99. The number of urea groups is 1. The monoisotopic (exact) mass is 299 g/mol. The number of amides is 2. The van der Waals surface area contributed by atoms with E-state index in [9.17, 15) is 9.59 Å². The number of rotatable bonds is 8. The molecule has 1 aliphatic rings. The van der Waals surface area contributed by atoms with Crippen LogP contribution < -0.4 is 5.32 Å². The Hall–Kier alpha value is -1.30. The Labute approximate surface area is 127 Å². The van der Waals surface area contributed by atoms with Gasteiger partial charge in [0, 0.05) is 31.6 Å². The van der Waals surface area contributed by atoms with Crippen LogP contribution in [0.2, 0.25) is 0 Å². The van der Waals surface area contributed by atoms with Crippen LogP contribution >= 0.6 is 0 Å². The molecular weight excluding hydrogens is 270 g/mol. The van der Waals surface area contributed by atoms with Crippen LogP contribution in [-0.2, 0) is 4.79 Å². The number of nitrogens with one attached hydrogen (secondary N) is 1. The summed E-state index contributed by atoms with van der Waals surface area (Å²) in [5.41, 5.74) is 0. The highest BCUT2D eigenvalue weighted by molar-refractivity contribution is 5.74. The first-order valence-electron chi connectivity index (χ1n) is 7.92. The standard InChI is InChI=1S/C15H29N3O3/c1-12(2)18(10-6-7-14(19)20)15(21)16-11-13(3)17-8-4-5-9-17/h12-13H,4-11H2,1-3H3,(H,16,21)(H,19,20). The highest BCUT2D eigenvalue weighted by Crippen LogP contribution is 2.11. The van der Waals surface area contributed by atoms with Gasteiger partial charge in [-0.2, -0.15) is 0 Å². The van der Waals surface area contributed by atoms with Crippen LogP contribution in [0, 0.1) is 0 Å². The molecule has 0 aromatic carbocycles. The molecule has 0 saturated carbocycles. The molecule has 21 heavy (non-hydrogen) atoms. The number of nitrogens with zero attached hydrogens (tertiary/aromatic N) is 2. The first-order valence-corrected chi connectivity index (χ1v) is 7.92. The Balaban J connectivity index is 2.35. The zero-order valence-corrected chi connectivity index (χ0v) is 13.5. The Bertz CT molecular complexity index is 341. The summed E-state index contributed by atoms with van der Waals surface area (Å²) >= 11 is 0. The molecule has 122 valence electrons. The average Bonchev–Trinajstić information content (AvgIpc) is 2.94. The number of carbonyl (C=O) groups is 2. The number of aliphatic carboxylic acids is 1. The summed E-state index contributed by atoms with van der Waals surface area (Å²) in [5, 5.41) is 11.7. The largest absolute Gasteiger partial charge is 0.481 e. The predicted octanol–water partition coefficient (Wildman–Crippen LogP) is 1.76. The van der Waals surface area contributed by atoms with Crippen molar-refractivity contribution in [3.63, 3.8) is 0 Å². The van der Waals surface area contributed by atoms with Gasteiger partial charge in [-0.15, -0.1) is 0 Å². The molecule has 6 nitrogen and oxygen atoms in total. The fraction of sp³-hybridized carbons (Fsp3) is 0.867. The van der Waals surface area contributed by atoms with Crippen molar-refractivity contribution in [2.24, 2.45) is 0 Å². The van der Waals surface area contributed by atoms with Gasteiger partial charge in [-0.3, -0.25) is 9.69 Å². The fourth-order valence-electron chi connectivity index (χ4n) is 2.64. The molecule has 1 saturated heterocycles. The van der Waals surface area contributed by atoms with Gasteiger partial charge in [0.15, 0.2) is 0 Å². The third-order valence-corrected chi connectivity index (χ3v) is 3.99. The Morgan fingerprint density at radius 3 is 2.38 bits per heavy atom. The van der Waals surface area contributed by atoms with Crippen molar-refractivity contribution < 1.29 is 14.7 Å². The number of carboxylic acids is 1. The highest BCUT2D eigenvalue weighted by atomic mass is 16.4. The predicted molar refractivity (Wildman–Crippen MR) is 82.4 cm³/mol. The molecule has 2 amide bonds. The molecule has 6 heteroatoms. The van der Waals surface area contributed by atoms with Gasteiger partial charge in [-0.1, -0.05) is 0 Å². The molecule has 2 N–H and O–H groups in total. The molecule has 1 heterocycles. The second-order valence-corrected chi connectivity index (χ2v) is 6.06. The van der Waals surface area contributed by atoms with Gasteiger partial charge in [0.05, 0.1) is 0 Å². The normalized spacial score (nSPS) is 17.0. The lowest BCUT2D eigenvalue weighted by molar-refractivity contribution is -0.137. The fourth-order valence-corrected chi connectivity index (χ4v) is 2.64. The van der Waals surface area contributed by atoms with E-state index in [4.69, 9.17) is 5.11 Å². The summed E-state index contributed by atoms with van der Waals surface area (Å²) < 4.78 is 0. The molecule has 0 spiro atoms. The van der Waals surface area contributed by atoms with Gasteiger partial charge in [0.2, 0.25) is 0 Å². The van der Waals surface area contributed by atoms with E-state index in [0.29, 0.717) is 25.6 Å². The maximum Gasteiger partial charge on any atom is 0.317 e. The van der Waals surface area contributed by atoms with Gasteiger partial charge < -0.3 is 15.3 Å². The SMILES string of the molecule is CC(CNC(=O)N(CCCC(=O)O)C(C)C)N1CCCC1. The van der Waals surface area contributed by atoms with Crippen LogP contribution in [0.15, 0.2) is 0 Å². The average molecular weight is 299 g/mol. The molecule has 1 atom stereocenters. The molecule has 0 aliphatic carbocycles. The van der Waals surface area contributed by atoms with Crippen LogP contribution in [0.4, 0.5) is 4.79 Å². The van der Waals surface area contributed by atoms with E-state index in [1.807, 2.05) is 13.8 Å². The second kappa shape index (κ2) is 8.87. The minimum Gasteiger partial charge on any atom is -0.481 e. The maximum atomic E-state index is 12.2. The van der Waals surface area contributed by atoms with Crippen molar-refractivity contribution in [3.05, 3.63) is 0 Å². The smallest absolute Gasteiger partial charge is 0.317 e. The first kappa shape index (κ1) is 17.8. The van der Waals surface area contributed by atoms with Crippen molar-refractivity contribution in [2.45, 2.75) is 58.5 Å². The van der Waals surface area contributed by atoms with Gasteiger partial charge in [-0.05, 0) is 53.1 Å². The summed E-state index contributed by atoms with van der Waals surface area (Å²) in [7, 11) is 0.